The molecule has 1 saturated heterocycles. The van der Waals surface area contributed by atoms with Crippen molar-refractivity contribution in [3.63, 3.8) is 0 Å². The molecular weight excluding hydrogens is 324 g/mol. The Hall–Kier alpha value is -2.65. The van der Waals surface area contributed by atoms with Crippen LogP contribution in [0.15, 0.2) is 41.8 Å². The van der Waals surface area contributed by atoms with Gasteiger partial charge in [-0.05, 0) is 30.5 Å². The molecule has 2 aromatic rings. The Morgan fingerprint density at radius 2 is 2.12 bits per heavy atom. The number of hydrogen-bond acceptors (Lipinski definition) is 5. The van der Waals surface area contributed by atoms with E-state index in [1.54, 1.807) is 11.0 Å². The highest BCUT2D eigenvalue weighted by Crippen LogP contribution is 2.43. The molecule has 24 heavy (non-hydrogen) atoms. The summed E-state index contributed by atoms with van der Waals surface area (Å²) in [6.07, 6.45) is 0.0840. The molecule has 1 aromatic heterocycles. The highest BCUT2D eigenvalue weighted by Gasteiger charge is 2.46. The van der Waals surface area contributed by atoms with Crippen LogP contribution in [0.4, 0.5) is 5.69 Å². The van der Waals surface area contributed by atoms with Crippen molar-refractivity contribution >= 4 is 28.9 Å². The summed E-state index contributed by atoms with van der Waals surface area (Å²) in [7, 11) is 0. The smallest absolute Gasteiger partial charge is 0.312 e. The lowest BCUT2D eigenvalue weighted by Crippen LogP contribution is -2.30. The van der Waals surface area contributed by atoms with Crippen LogP contribution in [0, 0.1) is 24.2 Å². The number of esters is 1. The Balaban J connectivity index is 1.98. The van der Waals surface area contributed by atoms with Crippen molar-refractivity contribution in [1.29, 1.82) is 5.26 Å². The van der Waals surface area contributed by atoms with Crippen LogP contribution in [0.3, 0.4) is 0 Å². The van der Waals surface area contributed by atoms with E-state index in [2.05, 4.69) is 0 Å². The molecule has 1 aliphatic heterocycles. The van der Waals surface area contributed by atoms with Crippen LogP contribution in [0.1, 0.15) is 22.9 Å². The molecule has 1 fully saturated rings. The number of aryl methyl sites for hydroxylation is 1. The fourth-order valence-corrected chi connectivity index (χ4v) is 3.83. The summed E-state index contributed by atoms with van der Waals surface area (Å²) < 4.78 is 4.98. The standard InChI is InChI=1S/C18H16N2O3S/c1-12-4-6-13(7-5-12)20-16(21)11-14(18(22)23-9-8-19)17(20)15-3-2-10-24-15/h2-7,10,14,17H,9,11H2,1H3/t14-,17-/m1/s1. The number of amides is 1. The predicted molar refractivity (Wildman–Crippen MR) is 90.4 cm³/mol. The third-order valence-electron chi connectivity index (χ3n) is 4.05. The largest absolute Gasteiger partial charge is 0.450 e. The zero-order valence-electron chi connectivity index (χ0n) is 13.1. The van der Waals surface area contributed by atoms with E-state index in [0.717, 1.165) is 16.1 Å². The summed E-state index contributed by atoms with van der Waals surface area (Å²) in [4.78, 5) is 27.6. The Bertz CT molecular complexity index is 778. The molecule has 0 aliphatic carbocycles. The Kier molecular flexibility index (Phi) is 4.63. The molecule has 3 rings (SSSR count). The van der Waals surface area contributed by atoms with Crippen molar-refractivity contribution in [2.75, 3.05) is 11.5 Å². The predicted octanol–water partition coefficient (Wildman–Crippen LogP) is 3.22. The third kappa shape index (κ3) is 3.03. The minimum Gasteiger partial charge on any atom is -0.450 e. The van der Waals surface area contributed by atoms with E-state index in [0.29, 0.717) is 0 Å². The first-order valence-corrected chi connectivity index (χ1v) is 8.45. The maximum atomic E-state index is 12.6. The minimum atomic E-state index is -0.606. The molecule has 1 amide bonds. The number of hydrogen-bond donors (Lipinski definition) is 0. The van der Waals surface area contributed by atoms with Gasteiger partial charge < -0.3 is 9.64 Å². The van der Waals surface area contributed by atoms with Gasteiger partial charge in [-0.1, -0.05) is 23.8 Å². The molecule has 122 valence electrons. The number of nitriles is 1. The van der Waals surface area contributed by atoms with E-state index in [-0.39, 0.29) is 18.9 Å². The van der Waals surface area contributed by atoms with Crippen molar-refractivity contribution in [3.05, 3.63) is 52.2 Å². The fraction of sp³-hybridized carbons (Fsp3) is 0.278. The Morgan fingerprint density at radius 3 is 2.75 bits per heavy atom. The minimum absolute atomic E-state index is 0.0840. The molecule has 6 heteroatoms. The molecule has 0 spiro atoms. The van der Waals surface area contributed by atoms with Gasteiger partial charge in [0, 0.05) is 17.0 Å². The number of anilines is 1. The van der Waals surface area contributed by atoms with Gasteiger partial charge in [0.15, 0.2) is 6.61 Å². The zero-order chi connectivity index (χ0) is 17.1. The summed E-state index contributed by atoms with van der Waals surface area (Å²) in [5, 5.41) is 10.5. The highest BCUT2D eigenvalue weighted by molar-refractivity contribution is 7.10. The van der Waals surface area contributed by atoms with Gasteiger partial charge in [-0.15, -0.1) is 11.3 Å². The van der Waals surface area contributed by atoms with E-state index in [4.69, 9.17) is 10.00 Å². The summed E-state index contributed by atoms with van der Waals surface area (Å²) in [5.41, 5.74) is 1.86. The van der Waals surface area contributed by atoms with Crippen LogP contribution in [0.5, 0.6) is 0 Å². The van der Waals surface area contributed by atoms with Gasteiger partial charge >= 0.3 is 5.97 Å². The lowest BCUT2D eigenvalue weighted by Gasteiger charge is -2.26. The Morgan fingerprint density at radius 1 is 1.38 bits per heavy atom. The van der Waals surface area contributed by atoms with Crippen molar-refractivity contribution < 1.29 is 14.3 Å². The highest BCUT2D eigenvalue weighted by atomic mass is 32.1. The van der Waals surface area contributed by atoms with Crippen LogP contribution in [0.2, 0.25) is 0 Å². The quantitative estimate of drug-likeness (QED) is 0.801. The lowest BCUT2D eigenvalue weighted by atomic mass is 9.99. The Labute approximate surface area is 144 Å². The number of thiophene rings is 1. The van der Waals surface area contributed by atoms with Gasteiger partial charge in [-0.2, -0.15) is 5.26 Å². The van der Waals surface area contributed by atoms with E-state index in [1.165, 1.54) is 11.3 Å². The summed E-state index contributed by atoms with van der Waals surface area (Å²) in [6, 6.07) is 12.9. The SMILES string of the molecule is Cc1ccc(N2C(=O)C[C@@H](C(=O)OCC#N)[C@@H]2c2cccs2)cc1. The van der Waals surface area contributed by atoms with Crippen LogP contribution < -0.4 is 4.90 Å². The number of ether oxygens (including phenoxy) is 1. The summed E-state index contributed by atoms with van der Waals surface area (Å²) in [5.74, 6) is -1.22. The van der Waals surface area contributed by atoms with Gasteiger partial charge in [0.1, 0.15) is 6.07 Å². The van der Waals surface area contributed by atoms with Crippen LogP contribution in [0.25, 0.3) is 0 Å². The normalized spacial score (nSPS) is 20.0. The number of carbonyl (C=O) groups excluding carboxylic acids is 2. The molecule has 5 nitrogen and oxygen atoms in total. The second-order valence-electron chi connectivity index (χ2n) is 5.64. The second kappa shape index (κ2) is 6.85. The average Bonchev–Trinajstić information content (AvgIpc) is 3.21. The molecule has 1 aliphatic rings. The molecule has 0 unspecified atom stereocenters. The van der Waals surface area contributed by atoms with E-state index >= 15 is 0 Å². The number of carbonyl (C=O) groups is 2. The first-order chi connectivity index (χ1) is 11.6. The summed E-state index contributed by atoms with van der Waals surface area (Å²) >= 11 is 1.50. The molecule has 0 bridgehead atoms. The monoisotopic (exact) mass is 340 g/mol. The molecule has 2 heterocycles. The average molecular weight is 340 g/mol. The van der Waals surface area contributed by atoms with Crippen molar-refractivity contribution in [2.24, 2.45) is 5.92 Å². The fourth-order valence-electron chi connectivity index (χ4n) is 2.95. The third-order valence-corrected chi connectivity index (χ3v) is 4.99. The molecule has 0 radical (unpaired) electrons. The van der Waals surface area contributed by atoms with Gasteiger partial charge in [0.25, 0.3) is 0 Å². The van der Waals surface area contributed by atoms with E-state index in [1.807, 2.05) is 48.7 Å². The first-order valence-electron chi connectivity index (χ1n) is 7.57. The number of nitrogens with zero attached hydrogens (tertiary/aromatic N) is 2. The van der Waals surface area contributed by atoms with Crippen LogP contribution >= 0.6 is 11.3 Å². The lowest BCUT2D eigenvalue weighted by molar-refractivity contribution is -0.147. The number of rotatable bonds is 4. The molecule has 2 atom stereocenters. The van der Waals surface area contributed by atoms with Crippen molar-refractivity contribution in [1.82, 2.24) is 0 Å². The zero-order valence-corrected chi connectivity index (χ0v) is 14.0. The van der Waals surface area contributed by atoms with Gasteiger partial charge in [0.05, 0.1) is 12.0 Å². The summed E-state index contributed by atoms with van der Waals surface area (Å²) in [6.45, 7) is 1.68. The van der Waals surface area contributed by atoms with Crippen molar-refractivity contribution in [3.8, 4) is 6.07 Å². The van der Waals surface area contributed by atoms with E-state index < -0.39 is 17.9 Å². The van der Waals surface area contributed by atoms with E-state index in [9.17, 15) is 9.59 Å². The van der Waals surface area contributed by atoms with Gasteiger partial charge in [-0.25, -0.2) is 0 Å². The molecule has 0 saturated carbocycles. The van der Waals surface area contributed by atoms with Crippen LogP contribution in [-0.2, 0) is 14.3 Å². The first kappa shape index (κ1) is 16.2. The maximum absolute atomic E-state index is 12.6. The topological polar surface area (TPSA) is 70.4 Å². The molecule has 1 aromatic carbocycles. The second-order valence-corrected chi connectivity index (χ2v) is 6.62. The van der Waals surface area contributed by atoms with Gasteiger partial charge in [0.2, 0.25) is 5.91 Å². The van der Waals surface area contributed by atoms with Crippen molar-refractivity contribution in [2.45, 2.75) is 19.4 Å². The molecule has 0 N–H and O–H groups in total. The number of benzene rings is 1. The van der Waals surface area contributed by atoms with Gasteiger partial charge in [-0.3, -0.25) is 9.59 Å². The van der Waals surface area contributed by atoms with Crippen LogP contribution in [-0.4, -0.2) is 18.5 Å². The molecular formula is C18H16N2O3S. The maximum Gasteiger partial charge on any atom is 0.312 e.